The van der Waals surface area contributed by atoms with E-state index in [1.54, 1.807) is 6.92 Å². The fourth-order valence-electron chi connectivity index (χ4n) is 4.36. The SMILES string of the molecule is CC(=O)NC1CCCC1CN1CCC(Cc2ccccc2)CC1. The quantitative estimate of drug-likeness (QED) is 0.905. The van der Waals surface area contributed by atoms with Crippen LogP contribution < -0.4 is 5.32 Å². The second-order valence-electron chi connectivity index (χ2n) is 7.43. The van der Waals surface area contributed by atoms with Gasteiger partial charge in [-0.3, -0.25) is 4.79 Å². The molecule has 1 amide bonds. The molecule has 1 aliphatic heterocycles. The number of amides is 1. The Hall–Kier alpha value is -1.35. The van der Waals surface area contributed by atoms with Gasteiger partial charge in [0.2, 0.25) is 5.91 Å². The third-order valence-electron chi connectivity index (χ3n) is 5.61. The topological polar surface area (TPSA) is 32.3 Å². The van der Waals surface area contributed by atoms with Gasteiger partial charge in [-0.2, -0.15) is 0 Å². The van der Waals surface area contributed by atoms with Gasteiger partial charge in [0.1, 0.15) is 0 Å². The molecule has 1 aromatic carbocycles. The fraction of sp³-hybridized carbons (Fsp3) is 0.650. The van der Waals surface area contributed by atoms with Crippen LogP contribution in [0.4, 0.5) is 0 Å². The van der Waals surface area contributed by atoms with E-state index in [1.807, 2.05) is 0 Å². The van der Waals surface area contributed by atoms with E-state index in [0.717, 1.165) is 12.3 Å². The van der Waals surface area contributed by atoms with Gasteiger partial charge in [-0.15, -0.1) is 0 Å². The lowest BCUT2D eigenvalue weighted by Crippen LogP contribution is -2.43. The van der Waals surface area contributed by atoms with Crippen LogP contribution in [0, 0.1) is 11.8 Å². The first-order valence-electron chi connectivity index (χ1n) is 9.24. The molecule has 3 nitrogen and oxygen atoms in total. The van der Waals surface area contributed by atoms with Crippen LogP contribution in [-0.4, -0.2) is 36.5 Å². The number of carbonyl (C=O) groups is 1. The Morgan fingerprint density at radius 2 is 1.87 bits per heavy atom. The van der Waals surface area contributed by atoms with Crippen LogP contribution in [0.5, 0.6) is 0 Å². The molecule has 3 rings (SSSR count). The van der Waals surface area contributed by atoms with Crippen molar-refractivity contribution in [2.24, 2.45) is 11.8 Å². The van der Waals surface area contributed by atoms with E-state index in [0.29, 0.717) is 12.0 Å². The maximum Gasteiger partial charge on any atom is 0.217 e. The lowest BCUT2D eigenvalue weighted by molar-refractivity contribution is -0.119. The number of carbonyl (C=O) groups excluding carboxylic acids is 1. The van der Waals surface area contributed by atoms with Gasteiger partial charge >= 0.3 is 0 Å². The van der Waals surface area contributed by atoms with E-state index >= 15 is 0 Å². The maximum atomic E-state index is 11.3. The zero-order valence-corrected chi connectivity index (χ0v) is 14.3. The average Bonchev–Trinajstić information content (AvgIpc) is 2.96. The largest absolute Gasteiger partial charge is 0.353 e. The van der Waals surface area contributed by atoms with E-state index in [2.05, 4.69) is 40.5 Å². The van der Waals surface area contributed by atoms with Crippen LogP contribution in [0.2, 0.25) is 0 Å². The van der Waals surface area contributed by atoms with Gasteiger partial charge in [0.15, 0.2) is 0 Å². The van der Waals surface area contributed by atoms with Crippen molar-refractivity contribution in [1.82, 2.24) is 10.2 Å². The molecule has 2 atom stereocenters. The molecule has 1 heterocycles. The Kier molecular flexibility index (Phi) is 5.71. The fourth-order valence-corrected chi connectivity index (χ4v) is 4.36. The predicted octanol–water partition coefficient (Wildman–Crippen LogP) is 3.25. The summed E-state index contributed by atoms with van der Waals surface area (Å²) < 4.78 is 0. The van der Waals surface area contributed by atoms with Gasteiger partial charge < -0.3 is 10.2 Å². The summed E-state index contributed by atoms with van der Waals surface area (Å²) in [5.41, 5.74) is 1.48. The van der Waals surface area contributed by atoms with Crippen molar-refractivity contribution in [3.05, 3.63) is 35.9 Å². The Labute approximate surface area is 140 Å². The summed E-state index contributed by atoms with van der Waals surface area (Å²) >= 11 is 0. The van der Waals surface area contributed by atoms with Crippen LogP contribution in [-0.2, 0) is 11.2 Å². The van der Waals surface area contributed by atoms with E-state index in [4.69, 9.17) is 0 Å². The first-order valence-corrected chi connectivity index (χ1v) is 9.24. The number of nitrogens with one attached hydrogen (secondary N) is 1. The van der Waals surface area contributed by atoms with Gasteiger partial charge in [0, 0.05) is 19.5 Å². The lowest BCUT2D eigenvalue weighted by Gasteiger charge is -2.35. The van der Waals surface area contributed by atoms with Gasteiger partial charge in [-0.25, -0.2) is 0 Å². The van der Waals surface area contributed by atoms with Crippen LogP contribution >= 0.6 is 0 Å². The Balaban J connectivity index is 1.43. The smallest absolute Gasteiger partial charge is 0.217 e. The highest BCUT2D eigenvalue weighted by molar-refractivity contribution is 5.73. The summed E-state index contributed by atoms with van der Waals surface area (Å²) in [7, 11) is 0. The van der Waals surface area contributed by atoms with Gasteiger partial charge in [-0.1, -0.05) is 36.8 Å². The molecular weight excluding hydrogens is 284 g/mol. The molecule has 2 unspecified atom stereocenters. The minimum absolute atomic E-state index is 0.128. The number of hydrogen-bond acceptors (Lipinski definition) is 2. The molecule has 1 aliphatic carbocycles. The maximum absolute atomic E-state index is 11.3. The Bertz CT molecular complexity index is 494. The second-order valence-corrected chi connectivity index (χ2v) is 7.43. The lowest BCUT2D eigenvalue weighted by atomic mass is 9.89. The summed E-state index contributed by atoms with van der Waals surface area (Å²) in [5, 5.41) is 3.16. The minimum atomic E-state index is 0.128. The molecule has 0 aromatic heterocycles. The van der Waals surface area contributed by atoms with Crippen molar-refractivity contribution in [3.63, 3.8) is 0 Å². The van der Waals surface area contributed by atoms with Crippen molar-refractivity contribution in [2.75, 3.05) is 19.6 Å². The van der Waals surface area contributed by atoms with E-state index in [1.165, 1.54) is 57.3 Å². The van der Waals surface area contributed by atoms with Gasteiger partial charge in [0.05, 0.1) is 0 Å². The Morgan fingerprint density at radius 3 is 2.57 bits per heavy atom. The van der Waals surface area contributed by atoms with Crippen molar-refractivity contribution in [1.29, 1.82) is 0 Å². The second kappa shape index (κ2) is 7.96. The number of piperidine rings is 1. The molecule has 1 saturated carbocycles. The van der Waals surface area contributed by atoms with E-state index < -0.39 is 0 Å². The van der Waals surface area contributed by atoms with Crippen molar-refractivity contribution >= 4 is 5.91 Å². The Morgan fingerprint density at radius 1 is 1.13 bits per heavy atom. The monoisotopic (exact) mass is 314 g/mol. The highest BCUT2D eigenvalue weighted by atomic mass is 16.1. The van der Waals surface area contributed by atoms with Crippen molar-refractivity contribution in [2.45, 2.75) is 51.5 Å². The minimum Gasteiger partial charge on any atom is -0.353 e. The molecule has 2 fully saturated rings. The molecule has 126 valence electrons. The third kappa shape index (κ3) is 4.81. The van der Waals surface area contributed by atoms with E-state index in [-0.39, 0.29) is 5.91 Å². The zero-order valence-electron chi connectivity index (χ0n) is 14.3. The molecule has 0 spiro atoms. The first-order chi connectivity index (χ1) is 11.2. The molecular formula is C20H30N2O. The number of nitrogens with zero attached hydrogens (tertiary/aromatic N) is 1. The molecule has 0 radical (unpaired) electrons. The number of likely N-dealkylation sites (tertiary alicyclic amines) is 1. The molecule has 1 saturated heterocycles. The predicted molar refractivity (Wildman–Crippen MR) is 94.3 cm³/mol. The average molecular weight is 314 g/mol. The molecule has 23 heavy (non-hydrogen) atoms. The molecule has 0 bridgehead atoms. The first kappa shape index (κ1) is 16.5. The normalized spacial score (nSPS) is 26.3. The van der Waals surface area contributed by atoms with Gasteiger partial charge in [-0.05, 0) is 62.6 Å². The molecule has 1 N–H and O–H groups in total. The molecule has 2 aliphatic rings. The van der Waals surface area contributed by atoms with Crippen LogP contribution in [0.25, 0.3) is 0 Å². The summed E-state index contributed by atoms with van der Waals surface area (Å²) in [6.07, 6.45) is 7.55. The van der Waals surface area contributed by atoms with Crippen LogP contribution in [0.1, 0.15) is 44.6 Å². The third-order valence-corrected chi connectivity index (χ3v) is 5.61. The summed E-state index contributed by atoms with van der Waals surface area (Å²) in [6, 6.07) is 11.3. The zero-order chi connectivity index (χ0) is 16.1. The van der Waals surface area contributed by atoms with Crippen molar-refractivity contribution < 1.29 is 4.79 Å². The van der Waals surface area contributed by atoms with Crippen molar-refractivity contribution in [3.8, 4) is 0 Å². The number of hydrogen-bond donors (Lipinski definition) is 1. The molecule has 1 aromatic rings. The summed E-state index contributed by atoms with van der Waals surface area (Å²) in [4.78, 5) is 14.0. The highest BCUT2D eigenvalue weighted by Crippen LogP contribution is 2.29. The van der Waals surface area contributed by atoms with Crippen LogP contribution in [0.3, 0.4) is 0 Å². The number of rotatable bonds is 5. The highest BCUT2D eigenvalue weighted by Gasteiger charge is 2.30. The summed E-state index contributed by atoms with van der Waals surface area (Å²) in [5.74, 6) is 1.62. The summed E-state index contributed by atoms with van der Waals surface area (Å²) in [6.45, 7) is 5.26. The van der Waals surface area contributed by atoms with Crippen LogP contribution in [0.15, 0.2) is 30.3 Å². The van der Waals surface area contributed by atoms with E-state index in [9.17, 15) is 4.79 Å². The standard InChI is InChI=1S/C20H30N2O/c1-16(23)21-20-9-5-8-19(20)15-22-12-10-18(11-13-22)14-17-6-3-2-4-7-17/h2-4,6-7,18-20H,5,8-15H2,1H3,(H,21,23). The van der Waals surface area contributed by atoms with Gasteiger partial charge in [0.25, 0.3) is 0 Å². The number of benzene rings is 1. The molecule has 3 heteroatoms.